The molecule has 3 aromatic carbocycles. The summed E-state index contributed by atoms with van der Waals surface area (Å²) in [4.78, 5) is 24.6. The van der Waals surface area contributed by atoms with Crippen molar-refractivity contribution >= 4 is 34.3 Å². The summed E-state index contributed by atoms with van der Waals surface area (Å²) in [6.07, 6.45) is 2.98. The highest BCUT2D eigenvalue weighted by Gasteiger charge is 2.57. The van der Waals surface area contributed by atoms with E-state index in [0.29, 0.717) is 13.0 Å². The van der Waals surface area contributed by atoms with E-state index in [1.165, 1.54) is 23.3 Å². The molecule has 0 aromatic heterocycles. The van der Waals surface area contributed by atoms with E-state index >= 15 is 0 Å². The van der Waals surface area contributed by atoms with Crippen LogP contribution in [0.1, 0.15) is 43.7 Å². The lowest BCUT2D eigenvalue weighted by molar-refractivity contribution is -0.924. The molecule has 1 fully saturated rings. The van der Waals surface area contributed by atoms with Crippen LogP contribution in [-0.2, 0) is 15.3 Å². The summed E-state index contributed by atoms with van der Waals surface area (Å²) < 4.78 is 0.0591. The minimum Gasteiger partial charge on any atom is -0.270 e. The number of β-lactam (4-membered cyclic amide) rings is 1. The Morgan fingerprint density at radius 1 is 1.03 bits per heavy atom. The van der Waals surface area contributed by atoms with E-state index in [2.05, 4.69) is 53.7 Å². The summed E-state index contributed by atoms with van der Waals surface area (Å²) in [7, 11) is 0. The summed E-state index contributed by atoms with van der Waals surface area (Å²) in [5.74, 6) is 7.36. The number of carbonyl (C=O) groups excluding carboxylic acids is 2. The predicted molar refractivity (Wildman–Crippen MR) is 135 cm³/mol. The average Bonchev–Trinajstić information content (AvgIpc) is 2.83. The molecule has 1 heterocycles. The van der Waals surface area contributed by atoms with Crippen molar-refractivity contribution < 1.29 is 14.2 Å². The highest BCUT2D eigenvalue weighted by molar-refractivity contribution is 7.99. The zero-order chi connectivity index (χ0) is 23.1. The first-order valence-corrected chi connectivity index (χ1v) is 12.5. The third-order valence-electron chi connectivity index (χ3n) is 6.00. The van der Waals surface area contributed by atoms with Crippen LogP contribution in [0.2, 0.25) is 0 Å². The van der Waals surface area contributed by atoms with Gasteiger partial charge < -0.3 is 0 Å². The summed E-state index contributed by atoms with van der Waals surface area (Å²) >= 11 is 1.74. The predicted octanol–water partition coefficient (Wildman–Crippen LogP) is 5.42. The lowest BCUT2D eigenvalue weighted by Gasteiger charge is -2.47. The third kappa shape index (κ3) is 5.47. The maximum Gasteiger partial charge on any atom is 0.345 e. The number of carbonyl (C=O) groups is 2. The molecule has 1 N–H and O–H groups in total. The van der Waals surface area contributed by atoms with Gasteiger partial charge in [0.2, 0.25) is 0 Å². The van der Waals surface area contributed by atoms with Gasteiger partial charge in [0, 0.05) is 31.1 Å². The van der Waals surface area contributed by atoms with Crippen molar-refractivity contribution in [2.24, 2.45) is 0 Å². The number of nitrogens with zero attached hydrogens (tertiary/aromatic N) is 1. The first-order valence-electron chi connectivity index (χ1n) is 11.4. The molecule has 3 aromatic rings. The summed E-state index contributed by atoms with van der Waals surface area (Å²) in [5, 5.41) is 2.43. The normalized spacial score (nSPS) is 19.4. The summed E-state index contributed by atoms with van der Waals surface area (Å²) in [6.45, 7) is 2.10. The van der Waals surface area contributed by atoms with Gasteiger partial charge in [-0.05, 0) is 28.8 Å². The number of likely N-dealkylation sites (tertiary alicyclic amines) is 1. The van der Waals surface area contributed by atoms with Crippen LogP contribution in [0.25, 0.3) is 10.8 Å². The van der Waals surface area contributed by atoms with Gasteiger partial charge in [0.05, 0.1) is 0 Å². The molecule has 1 aliphatic rings. The molecule has 1 saturated heterocycles. The second kappa shape index (κ2) is 10.7. The van der Waals surface area contributed by atoms with Crippen LogP contribution in [-0.4, -0.2) is 28.3 Å². The molecule has 4 rings (SSSR count). The molecule has 0 spiro atoms. The minimum absolute atomic E-state index is 0.0587. The van der Waals surface area contributed by atoms with Gasteiger partial charge in [-0.2, -0.15) is 5.43 Å². The number of hydrogen-bond acceptors (Lipinski definition) is 3. The Morgan fingerprint density at radius 2 is 1.79 bits per heavy atom. The van der Waals surface area contributed by atoms with Crippen LogP contribution < -0.4 is 5.43 Å². The molecule has 0 saturated carbocycles. The van der Waals surface area contributed by atoms with E-state index in [4.69, 9.17) is 0 Å². The number of thioether (sulfide) groups is 1. The first-order chi connectivity index (χ1) is 16.1. The van der Waals surface area contributed by atoms with Crippen LogP contribution >= 0.6 is 11.8 Å². The molecule has 0 radical (unpaired) electrons. The Labute approximate surface area is 199 Å². The lowest BCUT2D eigenvalue weighted by atomic mass is 10.0. The van der Waals surface area contributed by atoms with Gasteiger partial charge in [-0.15, -0.1) is 4.59 Å². The number of unbranched alkanes of at least 4 members (excludes halogenated alkanes) is 2. The standard InChI is InChI=1S/C28H28N2O2S/c1-22(31)29-30(27(32)20-28(30)33-21-23-12-5-4-6-13-23)19-10-3-2-7-14-24-16-11-17-25-15-8-9-18-26(24)25/h4-6,8-9,11-13,15-18,28H,2-3,10,19-21H2,1H3/p+1. The van der Waals surface area contributed by atoms with Crippen molar-refractivity contribution in [2.45, 2.75) is 43.7 Å². The van der Waals surface area contributed by atoms with Gasteiger partial charge >= 0.3 is 5.91 Å². The molecule has 0 aliphatic carbocycles. The number of fused-ring (bicyclic) bond motifs is 1. The van der Waals surface area contributed by atoms with E-state index < -0.39 is 0 Å². The zero-order valence-electron chi connectivity index (χ0n) is 18.9. The van der Waals surface area contributed by atoms with Gasteiger partial charge in [0.15, 0.2) is 5.37 Å². The van der Waals surface area contributed by atoms with Gasteiger partial charge in [-0.1, -0.05) is 90.3 Å². The van der Waals surface area contributed by atoms with Crippen LogP contribution in [0.5, 0.6) is 0 Å². The highest BCUT2D eigenvalue weighted by atomic mass is 32.2. The third-order valence-corrected chi connectivity index (χ3v) is 7.41. The molecule has 0 bridgehead atoms. The number of amides is 2. The fourth-order valence-corrected chi connectivity index (χ4v) is 5.64. The summed E-state index contributed by atoms with van der Waals surface area (Å²) in [6, 6.07) is 24.7. The number of hydrogen-bond donors (Lipinski definition) is 1. The largest absolute Gasteiger partial charge is 0.345 e. The topological polar surface area (TPSA) is 46.2 Å². The van der Waals surface area contributed by atoms with E-state index in [0.717, 1.165) is 30.6 Å². The number of benzene rings is 3. The van der Waals surface area contributed by atoms with Crippen molar-refractivity contribution in [3.63, 3.8) is 0 Å². The molecule has 2 amide bonds. The molecule has 2 atom stereocenters. The second-order valence-electron chi connectivity index (χ2n) is 8.40. The Morgan fingerprint density at radius 3 is 2.58 bits per heavy atom. The van der Waals surface area contributed by atoms with E-state index in [9.17, 15) is 9.59 Å². The van der Waals surface area contributed by atoms with Crippen molar-refractivity contribution in [3.8, 4) is 11.8 Å². The maximum absolute atomic E-state index is 12.7. The Kier molecular flexibility index (Phi) is 7.49. The monoisotopic (exact) mass is 457 g/mol. The Bertz CT molecular complexity index is 1190. The van der Waals surface area contributed by atoms with Crippen molar-refractivity contribution in [3.05, 3.63) is 83.9 Å². The fraction of sp³-hybridized carbons (Fsp3) is 0.286. The zero-order valence-corrected chi connectivity index (χ0v) is 19.7. The van der Waals surface area contributed by atoms with Gasteiger partial charge in [-0.3, -0.25) is 4.79 Å². The van der Waals surface area contributed by atoms with E-state index in [-0.39, 0.29) is 21.8 Å². The fourth-order valence-electron chi connectivity index (χ4n) is 4.28. The SMILES string of the molecule is CC(=O)N[N+]1(CCCCC#Cc2cccc3ccccc23)C(=O)CC1SCc1ccccc1. The van der Waals surface area contributed by atoms with Crippen LogP contribution in [0.4, 0.5) is 0 Å². The highest BCUT2D eigenvalue weighted by Crippen LogP contribution is 2.38. The van der Waals surface area contributed by atoms with Crippen molar-refractivity contribution in [1.82, 2.24) is 5.43 Å². The Balaban J connectivity index is 1.34. The first kappa shape index (κ1) is 23.1. The molecule has 5 heteroatoms. The van der Waals surface area contributed by atoms with Gasteiger partial charge in [0.25, 0.3) is 5.91 Å². The van der Waals surface area contributed by atoms with Crippen LogP contribution in [0.3, 0.4) is 0 Å². The molecular weight excluding hydrogens is 428 g/mol. The molecule has 1 aliphatic heterocycles. The van der Waals surface area contributed by atoms with Crippen LogP contribution in [0, 0.1) is 11.8 Å². The number of quaternary nitrogens is 1. The molecule has 4 nitrogen and oxygen atoms in total. The van der Waals surface area contributed by atoms with Crippen molar-refractivity contribution in [2.75, 3.05) is 6.54 Å². The summed E-state index contributed by atoms with van der Waals surface area (Å²) in [5.41, 5.74) is 5.23. The quantitative estimate of drug-likeness (QED) is 0.213. The van der Waals surface area contributed by atoms with Crippen molar-refractivity contribution in [1.29, 1.82) is 0 Å². The van der Waals surface area contributed by atoms with Gasteiger partial charge in [0.1, 0.15) is 13.0 Å². The van der Waals surface area contributed by atoms with E-state index in [1.54, 1.807) is 11.8 Å². The molecule has 33 heavy (non-hydrogen) atoms. The number of nitrogens with one attached hydrogen (secondary N) is 1. The van der Waals surface area contributed by atoms with Gasteiger partial charge in [-0.25, -0.2) is 4.79 Å². The Hall–Kier alpha value is -3.07. The van der Waals surface area contributed by atoms with Crippen LogP contribution in [0.15, 0.2) is 72.8 Å². The minimum atomic E-state index is -0.163. The average molecular weight is 458 g/mol. The molecular formula is C28H29N2O2S+. The number of rotatable bonds is 8. The maximum atomic E-state index is 12.7. The molecule has 168 valence electrons. The van der Waals surface area contributed by atoms with E-state index in [1.807, 2.05) is 36.4 Å². The smallest absolute Gasteiger partial charge is 0.270 e. The molecule has 2 unspecified atom stereocenters. The lowest BCUT2D eigenvalue weighted by Crippen LogP contribution is -2.75. The second-order valence-corrected chi connectivity index (χ2v) is 9.56.